The number of carbonyl (C=O) groups is 2. The van der Waals surface area contributed by atoms with Gasteiger partial charge in [-0.05, 0) is 48.9 Å². The van der Waals surface area contributed by atoms with E-state index < -0.39 is 11.9 Å². The molecule has 0 saturated carbocycles. The van der Waals surface area contributed by atoms with Gasteiger partial charge < -0.3 is 10.6 Å². The van der Waals surface area contributed by atoms with Crippen LogP contribution in [0.15, 0.2) is 24.3 Å². The number of amides is 2. The fraction of sp³-hybridized carbons (Fsp3) is 0.556. The van der Waals surface area contributed by atoms with Crippen molar-refractivity contribution in [1.29, 1.82) is 0 Å². The van der Waals surface area contributed by atoms with Gasteiger partial charge in [-0.3, -0.25) is 9.59 Å². The van der Waals surface area contributed by atoms with Crippen LogP contribution >= 0.6 is 0 Å². The van der Waals surface area contributed by atoms with E-state index in [-0.39, 0.29) is 17.7 Å². The average Bonchev–Trinajstić information content (AvgIpc) is 2.48. The summed E-state index contributed by atoms with van der Waals surface area (Å²) < 4.78 is 12.9. The van der Waals surface area contributed by atoms with E-state index in [4.69, 9.17) is 0 Å². The quantitative estimate of drug-likeness (QED) is 0.722. The van der Waals surface area contributed by atoms with Gasteiger partial charge in [0.1, 0.15) is 11.9 Å². The van der Waals surface area contributed by atoms with Gasteiger partial charge in [0.15, 0.2) is 0 Å². The fourth-order valence-corrected chi connectivity index (χ4v) is 2.19. The Hall–Kier alpha value is -1.91. The van der Waals surface area contributed by atoms with Crippen molar-refractivity contribution in [1.82, 2.24) is 10.6 Å². The van der Waals surface area contributed by atoms with Crippen LogP contribution < -0.4 is 10.6 Å². The van der Waals surface area contributed by atoms with Gasteiger partial charge in [-0.2, -0.15) is 0 Å². The first-order valence-corrected chi connectivity index (χ1v) is 8.15. The van der Waals surface area contributed by atoms with Crippen molar-refractivity contribution >= 4 is 11.8 Å². The molecule has 1 aromatic rings. The zero-order valence-electron chi connectivity index (χ0n) is 14.4. The molecule has 0 saturated heterocycles. The molecular formula is C18H27FN2O2. The number of nitrogens with one attached hydrogen (secondary N) is 2. The predicted molar refractivity (Wildman–Crippen MR) is 89.6 cm³/mol. The van der Waals surface area contributed by atoms with Gasteiger partial charge in [0.25, 0.3) is 5.91 Å². The van der Waals surface area contributed by atoms with Gasteiger partial charge in [-0.1, -0.05) is 27.7 Å². The Kier molecular flexibility index (Phi) is 7.72. The highest BCUT2D eigenvalue weighted by Crippen LogP contribution is 2.07. The first-order chi connectivity index (χ1) is 10.8. The summed E-state index contributed by atoms with van der Waals surface area (Å²) in [4.78, 5) is 24.4. The summed E-state index contributed by atoms with van der Waals surface area (Å²) >= 11 is 0. The molecule has 1 unspecified atom stereocenters. The van der Waals surface area contributed by atoms with Crippen LogP contribution in [0.3, 0.4) is 0 Å². The van der Waals surface area contributed by atoms with E-state index in [0.29, 0.717) is 18.0 Å². The second-order valence-electron chi connectivity index (χ2n) is 6.53. The topological polar surface area (TPSA) is 58.2 Å². The van der Waals surface area contributed by atoms with E-state index in [1.807, 2.05) is 13.8 Å². The summed E-state index contributed by atoms with van der Waals surface area (Å²) in [6, 6.07) is 4.66. The van der Waals surface area contributed by atoms with Crippen LogP contribution in [0.25, 0.3) is 0 Å². The van der Waals surface area contributed by atoms with Crippen molar-refractivity contribution in [2.24, 2.45) is 11.8 Å². The van der Waals surface area contributed by atoms with Crippen LogP contribution in [0.1, 0.15) is 50.9 Å². The molecular weight excluding hydrogens is 295 g/mol. The van der Waals surface area contributed by atoms with Crippen LogP contribution in [-0.2, 0) is 4.79 Å². The highest BCUT2D eigenvalue weighted by molar-refractivity contribution is 5.97. The maximum absolute atomic E-state index is 12.9. The van der Waals surface area contributed by atoms with Crippen molar-refractivity contribution in [2.45, 2.75) is 46.6 Å². The van der Waals surface area contributed by atoms with Crippen LogP contribution in [0, 0.1) is 17.7 Å². The first kappa shape index (κ1) is 19.1. The monoisotopic (exact) mass is 322 g/mol. The Labute approximate surface area is 137 Å². The fourth-order valence-electron chi connectivity index (χ4n) is 2.19. The lowest BCUT2D eigenvalue weighted by molar-refractivity contribution is -0.123. The first-order valence-electron chi connectivity index (χ1n) is 8.15. The molecule has 0 bridgehead atoms. The largest absolute Gasteiger partial charge is 0.354 e. The Bertz CT molecular complexity index is 512. The van der Waals surface area contributed by atoms with Crippen molar-refractivity contribution in [2.75, 3.05) is 6.54 Å². The molecule has 1 aromatic carbocycles. The Morgan fingerprint density at radius 3 is 2.22 bits per heavy atom. The maximum atomic E-state index is 12.9. The SMILES string of the molecule is CC(C)CCCNC(=O)C(NC(=O)c1ccc(F)cc1)C(C)C. The van der Waals surface area contributed by atoms with Gasteiger partial charge in [0.2, 0.25) is 5.91 Å². The number of benzene rings is 1. The zero-order valence-corrected chi connectivity index (χ0v) is 14.4. The normalized spacial score (nSPS) is 12.3. The molecule has 2 amide bonds. The second-order valence-corrected chi connectivity index (χ2v) is 6.53. The molecule has 2 N–H and O–H groups in total. The molecule has 0 aliphatic rings. The second kappa shape index (κ2) is 9.28. The van der Waals surface area contributed by atoms with Gasteiger partial charge in [-0.15, -0.1) is 0 Å². The number of halogens is 1. The van der Waals surface area contributed by atoms with E-state index in [0.717, 1.165) is 12.8 Å². The van der Waals surface area contributed by atoms with Crippen LogP contribution in [0.5, 0.6) is 0 Å². The van der Waals surface area contributed by atoms with E-state index in [1.54, 1.807) is 0 Å². The van der Waals surface area contributed by atoms with Gasteiger partial charge >= 0.3 is 0 Å². The van der Waals surface area contributed by atoms with E-state index in [2.05, 4.69) is 24.5 Å². The minimum Gasteiger partial charge on any atom is -0.354 e. The molecule has 5 heteroatoms. The lowest BCUT2D eigenvalue weighted by Crippen LogP contribution is -2.49. The van der Waals surface area contributed by atoms with Crippen molar-refractivity contribution < 1.29 is 14.0 Å². The Morgan fingerprint density at radius 1 is 1.09 bits per heavy atom. The standard InChI is InChI=1S/C18H27FN2O2/c1-12(2)6-5-11-20-18(23)16(13(3)4)21-17(22)14-7-9-15(19)10-8-14/h7-10,12-13,16H,5-6,11H2,1-4H3,(H,20,23)(H,21,22). The molecule has 0 radical (unpaired) electrons. The number of hydrogen-bond acceptors (Lipinski definition) is 2. The van der Waals surface area contributed by atoms with Gasteiger partial charge in [0, 0.05) is 12.1 Å². The zero-order chi connectivity index (χ0) is 17.4. The van der Waals surface area contributed by atoms with Crippen molar-refractivity contribution in [3.63, 3.8) is 0 Å². The molecule has 0 heterocycles. The van der Waals surface area contributed by atoms with Crippen LogP contribution in [0.4, 0.5) is 4.39 Å². The third-order valence-corrected chi connectivity index (χ3v) is 3.60. The van der Waals surface area contributed by atoms with E-state index in [1.165, 1.54) is 24.3 Å². The summed E-state index contributed by atoms with van der Waals surface area (Å²) in [5, 5.41) is 5.60. The minimum absolute atomic E-state index is 0.0375. The summed E-state index contributed by atoms with van der Waals surface area (Å²) in [6.07, 6.45) is 1.97. The maximum Gasteiger partial charge on any atom is 0.251 e. The third kappa shape index (κ3) is 6.80. The minimum atomic E-state index is -0.605. The smallest absolute Gasteiger partial charge is 0.251 e. The highest BCUT2D eigenvalue weighted by atomic mass is 19.1. The van der Waals surface area contributed by atoms with Crippen molar-refractivity contribution in [3.05, 3.63) is 35.6 Å². The Balaban J connectivity index is 2.58. The Morgan fingerprint density at radius 2 is 1.70 bits per heavy atom. The highest BCUT2D eigenvalue weighted by Gasteiger charge is 2.24. The summed E-state index contributed by atoms with van der Waals surface area (Å²) in [5.41, 5.74) is 0.338. The summed E-state index contributed by atoms with van der Waals surface area (Å²) in [7, 11) is 0. The molecule has 0 aliphatic heterocycles. The molecule has 1 atom stereocenters. The van der Waals surface area contributed by atoms with E-state index in [9.17, 15) is 14.0 Å². The van der Waals surface area contributed by atoms with Gasteiger partial charge in [0.05, 0.1) is 0 Å². The molecule has 0 spiro atoms. The molecule has 4 nitrogen and oxygen atoms in total. The van der Waals surface area contributed by atoms with Crippen LogP contribution in [-0.4, -0.2) is 24.4 Å². The lowest BCUT2D eigenvalue weighted by Gasteiger charge is -2.22. The van der Waals surface area contributed by atoms with Gasteiger partial charge in [-0.25, -0.2) is 4.39 Å². The molecule has 1 rings (SSSR count). The molecule has 0 aliphatic carbocycles. The summed E-state index contributed by atoms with van der Waals surface area (Å²) in [5.74, 6) is -0.388. The number of rotatable bonds is 8. The molecule has 128 valence electrons. The summed E-state index contributed by atoms with van der Waals surface area (Å²) in [6.45, 7) is 8.64. The number of hydrogen-bond donors (Lipinski definition) is 2. The third-order valence-electron chi connectivity index (χ3n) is 3.60. The molecule has 23 heavy (non-hydrogen) atoms. The average molecular weight is 322 g/mol. The van der Waals surface area contributed by atoms with E-state index >= 15 is 0 Å². The molecule has 0 fully saturated rings. The predicted octanol–water partition coefficient (Wildman–Crippen LogP) is 3.13. The van der Waals surface area contributed by atoms with Crippen LogP contribution in [0.2, 0.25) is 0 Å². The molecule has 0 aromatic heterocycles. The lowest BCUT2D eigenvalue weighted by atomic mass is 10.0. The number of carbonyl (C=O) groups excluding carboxylic acids is 2. The van der Waals surface area contributed by atoms with Crippen molar-refractivity contribution in [3.8, 4) is 0 Å².